The fraction of sp³-hybridized carbons (Fsp3) is 0.500. The molecule has 1 heterocycles. The predicted octanol–water partition coefficient (Wildman–Crippen LogP) is 0.974. The first-order chi connectivity index (χ1) is 6.36. The number of nitrogens with two attached hydrogens (primary N) is 1. The van der Waals surface area contributed by atoms with Gasteiger partial charge in [0.05, 0.1) is 11.9 Å². The van der Waals surface area contributed by atoms with E-state index in [1.54, 1.807) is 6.20 Å². The van der Waals surface area contributed by atoms with Crippen molar-refractivity contribution in [3.8, 4) is 0 Å². The SMILES string of the molecule is CCCCNc1cnnc(NN)c1. The van der Waals surface area contributed by atoms with Crippen molar-refractivity contribution in [2.75, 3.05) is 17.3 Å². The Morgan fingerprint density at radius 3 is 3.08 bits per heavy atom. The largest absolute Gasteiger partial charge is 0.384 e. The van der Waals surface area contributed by atoms with Crippen molar-refractivity contribution in [1.82, 2.24) is 10.2 Å². The summed E-state index contributed by atoms with van der Waals surface area (Å²) in [5.74, 6) is 5.76. The monoisotopic (exact) mass is 181 g/mol. The topological polar surface area (TPSA) is 75.9 Å². The average molecular weight is 181 g/mol. The Labute approximate surface area is 77.7 Å². The van der Waals surface area contributed by atoms with E-state index in [1.165, 1.54) is 6.42 Å². The van der Waals surface area contributed by atoms with Gasteiger partial charge >= 0.3 is 0 Å². The number of aromatic nitrogens is 2. The van der Waals surface area contributed by atoms with Gasteiger partial charge < -0.3 is 10.7 Å². The van der Waals surface area contributed by atoms with Crippen molar-refractivity contribution < 1.29 is 0 Å². The van der Waals surface area contributed by atoms with Crippen molar-refractivity contribution in [3.63, 3.8) is 0 Å². The Morgan fingerprint density at radius 1 is 1.54 bits per heavy atom. The molecule has 0 aliphatic carbocycles. The highest BCUT2D eigenvalue weighted by molar-refractivity contribution is 5.49. The lowest BCUT2D eigenvalue weighted by Crippen LogP contribution is -2.10. The van der Waals surface area contributed by atoms with Crippen LogP contribution >= 0.6 is 0 Å². The van der Waals surface area contributed by atoms with E-state index in [4.69, 9.17) is 5.84 Å². The zero-order chi connectivity index (χ0) is 9.52. The van der Waals surface area contributed by atoms with Crippen molar-refractivity contribution in [3.05, 3.63) is 12.3 Å². The molecule has 0 aliphatic heterocycles. The molecule has 72 valence electrons. The molecule has 0 radical (unpaired) electrons. The summed E-state index contributed by atoms with van der Waals surface area (Å²) in [5.41, 5.74) is 3.39. The lowest BCUT2D eigenvalue weighted by Gasteiger charge is -2.05. The molecule has 0 amide bonds. The van der Waals surface area contributed by atoms with Crippen LogP contribution < -0.4 is 16.6 Å². The standard InChI is InChI=1S/C8H15N5/c1-2-3-4-10-7-5-8(12-9)13-11-6-7/h5-6H,2-4,9H2,1H3,(H2,10,12,13). The normalized spacial score (nSPS) is 9.69. The van der Waals surface area contributed by atoms with Gasteiger partial charge in [-0.3, -0.25) is 0 Å². The third kappa shape index (κ3) is 3.25. The summed E-state index contributed by atoms with van der Waals surface area (Å²) in [6.07, 6.45) is 4.00. The molecule has 1 rings (SSSR count). The van der Waals surface area contributed by atoms with E-state index in [1.807, 2.05) is 6.07 Å². The zero-order valence-electron chi connectivity index (χ0n) is 7.75. The Bertz CT molecular complexity index is 250. The predicted molar refractivity (Wildman–Crippen MR) is 53.2 cm³/mol. The van der Waals surface area contributed by atoms with E-state index in [-0.39, 0.29) is 0 Å². The van der Waals surface area contributed by atoms with Gasteiger partial charge in [-0.15, -0.1) is 5.10 Å². The third-order valence-corrected chi connectivity index (χ3v) is 1.66. The van der Waals surface area contributed by atoms with E-state index in [2.05, 4.69) is 27.9 Å². The molecule has 0 spiro atoms. The zero-order valence-corrected chi connectivity index (χ0v) is 7.75. The third-order valence-electron chi connectivity index (χ3n) is 1.66. The lowest BCUT2D eigenvalue weighted by molar-refractivity contribution is 0.832. The quantitative estimate of drug-likeness (QED) is 0.358. The second-order valence-electron chi connectivity index (χ2n) is 2.75. The summed E-state index contributed by atoms with van der Waals surface area (Å²) >= 11 is 0. The molecule has 0 bridgehead atoms. The molecule has 0 aliphatic rings. The van der Waals surface area contributed by atoms with Crippen LogP contribution in [0.5, 0.6) is 0 Å². The minimum Gasteiger partial charge on any atom is -0.384 e. The summed E-state index contributed by atoms with van der Waals surface area (Å²) in [4.78, 5) is 0. The van der Waals surface area contributed by atoms with Crippen LogP contribution in [0.25, 0.3) is 0 Å². The van der Waals surface area contributed by atoms with Crippen LogP contribution in [0.2, 0.25) is 0 Å². The molecule has 1 aromatic heterocycles. The molecule has 5 nitrogen and oxygen atoms in total. The highest BCUT2D eigenvalue weighted by atomic mass is 15.3. The van der Waals surface area contributed by atoms with Gasteiger partial charge in [0.2, 0.25) is 0 Å². The van der Waals surface area contributed by atoms with Crippen molar-refractivity contribution in [2.45, 2.75) is 19.8 Å². The van der Waals surface area contributed by atoms with E-state index >= 15 is 0 Å². The lowest BCUT2D eigenvalue weighted by atomic mass is 10.3. The number of hydrogen-bond acceptors (Lipinski definition) is 5. The first-order valence-corrected chi connectivity index (χ1v) is 4.40. The van der Waals surface area contributed by atoms with Crippen LogP contribution in [0.1, 0.15) is 19.8 Å². The number of unbranched alkanes of at least 4 members (excludes halogenated alkanes) is 1. The van der Waals surface area contributed by atoms with Gasteiger partial charge in [-0.2, -0.15) is 5.10 Å². The highest BCUT2D eigenvalue weighted by Gasteiger charge is 1.94. The molecule has 4 N–H and O–H groups in total. The molecule has 0 fully saturated rings. The van der Waals surface area contributed by atoms with Gasteiger partial charge in [0.15, 0.2) is 5.82 Å². The first-order valence-electron chi connectivity index (χ1n) is 4.40. The number of nitrogen functional groups attached to an aromatic ring is 1. The number of rotatable bonds is 5. The summed E-state index contributed by atoms with van der Waals surface area (Å²) < 4.78 is 0. The summed E-state index contributed by atoms with van der Waals surface area (Å²) in [5, 5.41) is 10.8. The van der Waals surface area contributed by atoms with Gasteiger partial charge in [0, 0.05) is 12.6 Å². The maximum absolute atomic E-state index is 5.19. The molecular weight excluding hydrogens is 166 g/mol. The Kier molecular flexibility index (Phi) is 3.98. The second kappa shape index (κ2) is 5.31. The van der Waals surface area contributed by atoms with E-state index in [9.17, 15) is 0 Å². The van der Waals surface area contributed by atoms with Crippen molar-refractivity contribution in [2.24, 2.45) is 5.84 Å². The van der Waals surface area contributed by atoms with Crippen LogP contribution in [-0.2, 0) is 0 Å². The summed E-state index contributed by atoms with van der Waals surface area (Å²) in [6, 6.07) is 1.82. The van der Waals surface area contributed by atoms with Crippen molar-refractivity contribution >= 4 is 11.5 Å². The molecule has 0 saturated carbocycles. The number of hydrazine groups is 1. The minimum atomic E-state index is 0.571. The second-order valence-corrected chi connectivity index (χ2v) is 2.75. The van der Waals surface area contributed by atoms with Crippen molar-refractivity contribution in [1.29, 1.82) is 0 Å². The van der Waals surface area contributed by atoms with Crippen LogP contribution in [-0.4, -0.2) is 16.7 Å². The molecular formula is C8H15N5. The van der Waals surface area contributed by atoms with Crippen LogP contribution in [0.4, 0.5) is 11.5 Å². The molecule has 1 aromatic rings. The Morgan fingerprint density at radius 2 is 2.38 bits per heavy atom. The van der Waals surface area contributed by atoms with Gasteiger partial charge in [0.1, 0.15) is 0 Å². The van der Waals surface area contributed by atoms with E-state index in [0.29, 0.717) is 5.82 Å². The van der Waals surface area contributed by atoms with Crippen LogP contribution in [0.3, 0.4) is 0 Å². The van der Waals surface area contributed by atoms with Crippen LogP contribution in [0, 0.1) is 0 Å². The van der Waals surface area contributed by atoms with Gasteiger partial charge in [0.25, 0.3) is 0 Å². The van der Waals surface area contributed by atoms with E-state index in [0.717, 1.165) is 18.7 Å². The highest BCUT2D eigenvalue weighted by Crippen LogP contribution is 2.08. The van der Waals surface area contributed by atoms with E-state index < -0.39 is 0 Å². The smallest absolute Gasteiger partial charge is 0.164 e. The summed E-state index contributed by atoms with van der Waals surface area (Å²) in [7, 11) is 0. The molecule has 0 atom stereocenters. The van der Waals surface area contributed by atoms with Crippen LogP contribution in [0.15, 0.2) is 12.3 Å². The number of nitrogens with one attached hydrogen (secondary N) is 2. The maximum atomic E-state index is 5.19. The molecule has 13 heavy (non-hydrogen) atoms. The first kappa shape index (κ1) is 9.73. The molecule has 0 unspecified atom stereocenters. The Hall–Kier alpha value is -1.36. The number of hydrogen-bond donors (Lipinski definition) is 3. The number of nitrogens with zero attached hydrogens (tertiary/aromatic N) is 2. The fourth-order valence-electron chi connectivity index (χ4n) is 0.943. The molecule has 0 saturated heterocycles. The van der Waals surface area contributed by atoms with Gasteiger partial charge in [-0.05, 0) is 6.42 Å². The fourth-order valence-corrected chi connectivity index (χ4v) is 0.943. The number of anilines is 2. The molecule has 0 aromatic carbocycles. The minimum absolute atomic E-state index is 0.571. The molecule has 5 heteroatoms. The maximum Gasteiger partial charge on any atom is 0.164 e. The van der Waals surface area contributed by atoms with Gasteiger partial charge in [-0.25, -0.2) is 5.84 Å². The van der Waals surface area contributed by atoms with Gasteiger partial charge in [-0.1, -0.05) is 13.3 Å². The Balaban J connectivity index is 2.46. The average Bonchev–Trinajstić information content (AvgIpc) is 2.19. The summed E-state index contributed by atoms with van der Waals surface area (Å²) in [6.45, 7) is 3.10.